The number of oxime groups is 1. The molecule has 0 aliphatic carbocycles. The first-order valence-corrected chi connectivity index (χ1v) is 8.09. The summed E-state index contributed by atoms with van der Waals surface area (Å²) >= 11 is 0. The lowest BCUT2D eigenvalue weighted by molar-refractivity contribution is 0.137. The minimum Gasteiger partial charge on any atom is -0.411 e. The highest BCUT2D eigenvalue weighted by Crippen LogP contribution is 2.21. The molecule has 0 amide bonds. The van der Waals surface area contributed by atoms with Gasteiger partial charge in [-0.3, -0.25) is 0 Å². The Morgan fingerprint density at radius 2 is 1.72 bits per heavy atom. The third-order valence-electron chi connectivity index (χ3n) is 4.36. The Hall–Kier alpha value is -3.12. The van der Waals surface area contributed by atoms with E-state index in [0.29, 0.717) is 13.1 Å². The highest BCUT2D eigenvalue weighted by molar-refractivity contribution is 5.99. The molecule has 2 aromatic carbocycles. The predicted octanol–water partition coefficient (Wildman–Crippen LogP) is 2.86. The second-order valence-corrected chi connectivity index (χ2v) is 6.04. The fraction of sp³-hybridized carbons (Fsp3) is 0.158. The molecule has 0 fully saturated rings. The maximum atomic E-state index is 10.6. The molecule has 0 aliphatic heterocycles. The van der Waals surface area contributed by atoms with E-state index >= 15 is 0 Å². The van der Waals surface area contributed by atoms with E-state index in [4.69, 9.17) is 5.21 Å². The van der Waals surface area contributed by atoms with Crippen molar-refractivity contribution in [1.82, 2.24) is 14.1 Å². The Morgan fingerprint density at radius 1 is 1.00 bits per heavy atom. The van der Waals surface area contributed by atoms with E-state index in [1.54, 1.807) is 6.33 Å². The predicted molar refractivity (Wildman–Crippen MR) is 97.1 cm³/mol. The van der Waals surface area contributed by atoms with Crippen LogP contribution in [0.2, 0.25) is 0 Å². The summed E-state index contributed by atoms with van der Waals surface area (Å²) in [6, 6.07) is 15.7. The zero-order chi connectivity index (χ0) is 17.2. The van der Waals surface area contributed by atoms with Gasteiger partial charge in [0.15, 0.2) is 0 Å². The number of fused-ring (bicyclic) bond motifs is 2. The van der Waals surface area contributed by atoms with Crippen LogP contribution in [0.5, 0.6) is 0 Å². The van der Waals surface area contributed by atoms with Crippen LogP contribution in [0.4, 0.5) is 0 Å². The van der Waals surface area contributed by atoms with Crippen molar-refractivity contribution < 1.29 is 10.3 Å². The summed E-state index contributed by atoms with van der Waals surface area (Å²) in [5, 5.41) is 23.5. The fourth-order valence-corrected chi connectivity index (χ4v) is 3.26. The zero-order valence-electron chi connectivity index (χ0n) is 13.5. The summed E-state index contributed by atoms with van der Waals surface area (Å²) in [5.41, 5.74) is 3.74. The van der Waals surface area contributed by atoms with Crippen molar-refractivity contribution in [3.8, 4) is 0 Å². The first kappa shape index (κ1) is 15.4. The summed E-state index contributed by atoms with van der Waals surface area (Å²) in [6.07, 6.45) is 4.48. The Balaban J connectivity index is 1.60. The summed E-state index contributed by atoms with van der Waals surface area (Å²) in [4.78, 5) is 4.36. The van der Waals surface area contributed by atoms with Crippen LogP contribution in [0.15, 0.2) is 66.2 Å². The van der Waals surface area contributed by atoms with Crippen molar-refractivity contribution in [2.75, 3.05) is 0 Å². The van der Waals surface area contributed by atoms with Crippen molar-refractivity contribution in [2.45, 2.75) is 19.2 Å². The molecule has 25 heavy (non-hydrogen) atoms. The van der Waals surface area contributed by atoms with E-state index in [-0.39, 0.29) is 0 Å². The quantitative estimate of drug-likeness (QED) is 0.335. The Morgan fingerprint density at radius 3 is 2.56 bits per heavy atom. The fourth-order valence-electron chi connectivity index (χ4n) is 3.26. The maximum absolute atomic E-state index is 10.6. The van der Waals surface area contributed by atoms with Gasteiger partial charge in [0.1, 0.15) is 0 Å². The largest absolute Gasteiger partial charge is 0.411 e. The van der Waals surface area contributed by atoms with Gasteiger partial charge in [0, 0.05) is 22.7 Å². The van der Waals surface area contributed by atoms with Crippen LogP contribution in [-0.2, 0) is 13.1 Å². The monoisotopic (exact) mass is 334 g/mol. The first-order chi connectivity index (χ1) is 12.3. The number of nitrogens with zero attached hydrogens (tertiary/aromatic N) is 4. The molecule has 0 saturated heterocycles. The van der Waals surface area contributed by atoms with Gasteiger partial charge in [0.25, 0.3) is 0 Å². The molecule has 1 atom stereocenters. The van der Waals surface area contributed by atoms with Gasteiger partial charge in [0.05, 0.1) is 42.8 Å². The number of hydrogen-bond donors (Lipinski definition) is 2. The first-order valence-electron chi connectivity index (χ1n) is 8.09. The third kappa shape index (κ3) is 2.88. The minimum atomic E-state index is -0.577. The highest BCUT2D eigenvalue weighted by atomic mass is 16.4. The SMILES string of the molecule is O/N=C/c1cn(CC(O)Cn2cnc3ccccc32)c2ccccc12. The van der Waals surface area contributed by atoms with Crippen LogP contribution in [-0.4, -0.2) is 36.8 Å². The van der Waals surface area contributed by atoms with Gasteiger partial charge in [-0.1, -0.05) is 35.5 Å². The van der Waals surface area contributed by atoms with E-state index in [0.717, 1.165) is 27.5 Å². The number of imidazole rings is 1. The van der Waals surface area contributed by atoms with Gasteiger partial charge in [-0.2, -0.15) is 0 Å². The van der Waals surface area contributed by atoms with Crippen LogP contribution in [0, 0.1) is 0 Å². The number of aliphatic hydroxyl groups excluding tert-OH is 1. The molecule has 0 radical (unpaired) electrons. The van der Waals surface area contributed by atoms with E-state index in [2.05, 4.69) is 10.1 Å². The van der Waals surface area contributed by atoms with Crippen LogP contribution in [0.1, 0.15) is 5.56 Å². The van der Waals surface area contributed by atoms with Crippen molar-refractivity contribution in [2.24, 2.45) is 5.16 Å². The normalized spacial score (nSPS) is 13.2. The molecular formula is C19H18N4O2. The summed E-state index contributed by atoms with van der Waals surface area (Å²) in [7, 11) is 0. The number of benzene rings is 2. The molecule has 2 N–H and O–H groups in total. The molecule has 2 aromatic heterocycles. The molecular weight excluding hydrogens is 316 g/mol. The van der Waals surface area contributed by atoms with Gasteiger partial charge in [0.2, 0.25) is 0 Å². The molecule has 6 nitrogen and oxygen atoms in total. The molecule has 0 saturated carbocycles. The van der Waals surface area contributed by atoms with Gasteiger partial charge in [-0.05, 0) is 18.2 Å². The second kappa shape index (κ2) is 6.41. The summed E-state index contributed by atoms with van der Waals surface area (Å²) in [5.74, 6) is 0. The Kier molecular flexibility index (Phi) is 3.95. The van der Waals surface area contributed by atoms with Crippen molar-refractivity contribution in [3.05, 3.63) is 66.6 Å². The standard InChI is InChI=1S/C19H18N4O2/c24-15(12-23-13-20-17-6-2-4-8-19(17)23)11-22-10-14(9-21-25)16-5-1-3-7-18(16)22/h1-10,13,15,24-25H,11-12H2/b21-9+. The van der Waals surface area contributed by atoms with E-state index in [9.17, 15) is 5.11 Å². The van der Waals surface area contributed by atoms with E-state index < -0.39 is 6.10 Å². The Bertz CT molecular complexity index is 1050. The van der Waals surface area contributed by atoms with Gasteiger partial charge in [-0.15, -0.1) is 0 Å². The number of para-hydroxylation sites is 3. The molecule has 0 bridgehead atoms. The number of hydrogen-bond acceptors (Lipinski definition) is 4. The molecule has 4 aromatic rings. The van der Waals surface area contributed by atoms with Crippen LogP contribution in [0.3, 0.4) is 0 Å². The molecule has 1 unspecified atom stereocenters. The number of aliphatic hydroxyl groups is 1. The van der Waals surface area contributed by atoms with Gasteiger partial charge >= 0.3 is 0 Å². The lowest BCUT2D eigenvalue weighted by atomic mass is 10.2. The Labute approximate surface area is 144 Å². The number of rotatable bonds is 5. The molecule has 2 heterocycles. The molecule has 4 rings (SSSR count). The number of aromatic nitrogens is 3. The highest BCUT2D eigenvalue weighted by Gasteiger charge is 2.12. The smallest absolute Gasteiger partial charge is 0.0959 e. The summed E-state index contributed by atoms with van der Waals surface area (Å²) < 4.78 is 3.94. The molecule has 126 valence electrons. The molecule has 0 spiro atoms. The van der Waals surface area contributed by atoms with Crippen molar-refractivity contribution in [3.63, 3.8) is 0 Å². The third-order valence-corrected chi connectivity index (χ3v) is 4.36. The summed E-state index contributed by atoms with van der Waals surface area (Å²) in [6.45, 7) is 0.892. The van der Waals surface area contributed by atoms with Crippen LogP contribution >= 0.6 is 0 Å². The lowest BCUT2D eigenvalue weighted by Crippen LogP contribution is -2.21. The van der Waals surface area contributed by atoms with E-state index in [1.165, 1.54) is 6.21 Å². The molecule has 6 heteroatoms. The lowest BCUT2D eigenvalue weighted by Gasteiger charge is -2.14. The van der Waals surface area contributed by atoms with Crippen LogP contribution in [0.25, 0.3) is 21.9 Å². The topological polar surface area (TPSA) is 75.6 Å². The minimum absolute atomic E-state index is 0.437. The van der Waals surface area contributed by atoms with E-state index in [1.807, 2.05) is 63.9 Å². The second-order valence-electron chi connectivity index (χ2n) is 6.04. The van der Waals surface area contributed by atoms with Crippen molar-refractivity contribution in [1.29, 1.82) is 0 Å². The molecule has 0 aliphatic rings. The van der Waals surface area contributed by atoms with Gasteiger partial charge < -0.3 is 19.4 Å². The average molecular weight is 334 g/mol. The van der Waals surface area contributed by atoms with Gasteiger partial charge in [-0.25, -0.2) is 4.98 Å². The average Bonchev–Trinajstić information content (AvgIpc) is 3.18. The van der Waals surface area contributed by atoms with Crippen molar-refractivity contribution >= 4 is 28.2 Å². The zero-order valence-corrected chi connectivity index (χ0v) is 13.5. The maximum Gasteiger partial charge on any atom is 0.0959 e. The van der Waals surface area contributed by atoms with Crippen LogP contribution < -0.4 is 0 Å².